The van der Waals surface area contributed by atoms with E-state index < -0.39 is 0 Å². The molecule has 1 amide bonds. The fraction of sp³-hybridized carbons (Fsp3) is 0.118. The highest BCUT2D eigenvalue weighted by Gasteiger charge is 2.16. The molecule has 24 heavy (non-hydrogen) atoms. The van der Waals surface area contributed by atoms with Crippen LogP contribution in [0.4, 0.5) is 10.2 Å². The van der Waals surface area contributed by atoms with Crippen LogP contribution in [-0.4, -0.2) is 26.2 Å². The van der Waals surface area contributed by atoms with Crippen LogP contribution in [0, 0.1) is 19.7 Å². The molecule has 0 aliphatic carbocycles. The number of anilines is 1. The summed E-state index contributed by atoms with van der Waals surface area (Å²) in [6, 6.07) is 6.99. The molecule has 2 N–H and O–H groups in total. The van der Waals surface area contributed by atoms with E-state index in [-0.39, 0.29) is 5.82 Å². The maximum absolute atomic E-state index is 14.3. The summed E-state index contributed by atoms with van der Waals surface area (Å²) in [5.41, 5.74) is 4.54. The molecule has 3 aromatic heterocycles. The quantitative estimate of drug-likeness (QED) is 0.569. The minimum atomic E-state index is -0.291. The van der Waals surface area contributed by atoms with Gasteiger partial charge in [0.1, 0.15) is 5.82 Å². The molecule has 0 atom stereocenters. The van der Waals surface area contributed by atoms with Gasteiger partial charge in [0.15, 0.2) is 5.82 Å². The zero-order valence-electron chi connectivity index (χ0n) is 13.1. The summed E-state index contributed by atoms with van der Waals surface area (Å²) in [4.78, 5) is 10.6. The molecule has 0 radical (unpaired) electrons. The third kappa shape index (κ3) is 2.05. The van der Waals surface area contributed by atoms with Crippen LogP contribution in [0.3, 0.4) is 0 Å². The van der Waals surface area contributed by atoms with Gasteiger partial charge in [-0.15, -0.1) is 0 Å². The predicted octanol–water partition coefficient (Wildman–Crippen LogP) is 3.20. The molecule has 3 heterocycles. The molecule has 120 valence electrons. The van der Waals surface area contributed by atoms with Gasteiger partial charge in [-0.1, -0.05) is 0 Å². The summed E-state index contributed by atoms with van der Waals surface area (Å²) in [6.07, 6.45) is 2.37. The van der Waals surface area contributed by atoms with E-state index in [1.54, 1.807) is 23.7 Å². The number of H-pyrrole nitrogens is 1. The van der Waals surface area contributed by atoms with Gasteiger partial charge < -0.3 is 5.32 Å². The Morgan fingerprint density at radius 1 is 1.29 bits per heavy atom. The first-order chi connectivity index (χ1) is 11.6. The number of rotatable bonds is 3. The molecule has 1 aromatic carbocycles. The number of carbonyl (C=O) groups excluding carboxylic acids is 1. The van der Waals surface area contributed by atoms with E-state index in [0.29, 0.717) is 23.3 Å². The average Bonchev–Trinajstić information content (AvgIpc) is 3.12. The van der Waals surface area contributed by atoms with Gasteiger partial charge in [-0.3, -0.25) is 9.89 Å². The molecule has 0 unspecified atom stereocenters. The molecule has 7 heteroatoms. The second kappa shape index (κ2) is 5.16. The first kappa shape index (κ1) is 14.4. The highest BCUT2D eigenvalue weighted by Crippen LogP contribution is 2.35. The van der Waals surface area contributed by atoms with Crippen LogP contribution >= 0.6 is 0 Å². The van der Waals surface area contributed by atoms with Crippen molar-refractivity contribution in [3.05, 3.63) is 47.5 Å². The van der Waals surface area contributed by atoms with Crippen LogP contribution in [0.5, 0.6) is 0 Å². The number of aromatic nitrogens is 4. The van der Waals surface area contributed by atoms with Crippen molar-refractivity contribution in [2.24, 2.45) is 0 Å². The first-order valence-corrected chi connectivity index (χ1v) is 7.42. The van der Waals surface area contributed by atoms with Crippen molar-refractivity contribution in [3.8, 4) is 11.1 Å². The lowest BCUT2D eigenvalue weighted by atomic mass is 9.95. The molecule has 4 aromatic rings. The monoisotopic (exact) mass is 323 g/mol. The molecule has 0 fully saturated rings. The lowest BCUT2D eigenvalue weighted by molar-refractivity contribution is -0.105. The van der Waals surface area contributed by atoms with E-state index in [1.807, 2.05) is 19.1 Å². The van der Waals surface area contributed by atoms with E-state index in [4.69, 9.17) is 0 Å². The molecule has 0 saturated heterocycles. The number of fused-ring (bicyclic) bond motifs is 2. The van der Waals surface area contributed by atoms with Gasteiger partial charge in [-0.2, -0.15) is 10.2 Å². The second-order valence-electron chi connectivity index (χ2n) is 5.68. The highest BCUT2D eigenvalue weighted by atomic mass is 19.1. The maximum atomic E-state index is 14.3. The van der Waals surface area contributed by atoms with Gasteiger partial charge in [-0.25, -0.2) is 8.91 Å². The number of nitrogens with zero attached hydrogens (tertiary/aromatic N) is 3. The fourth-order valence-corrected chi connectivity index (χ4v) is 3.04. The Morgan fingerprint density at radius 3 is 2.92 bits per heavy atom. The van der Waals surface area contributed by atoms with Crippen molar-refractivity contribution in [1.82, 2.24) is 19.8 Å². The van der Waals surface area contributed by atoms with Crippen LogP contribution < -0.4 is 5.32 Å². The van der Waals surface area contributed by atoms with Gasteiger partial charge in [-0.05, 0) is 42.7 Å². The van der Waals surface area contributed by atoms with E-state index in [2.05, 4.69) is 20.6 Å². The van der Waals surface area contributed by atoms with Crippen molar-refractivity contribution >= 4 is 28.6 Å². The van der Waals surface area contributed by atoms with Gasteiger partial charge in [0, 0.05) is 29.4 Å². The zero-order chi connectivity index (χ0) is 16.8. The average molecular weight is 323 g/mol. The molecule has 4 rings (SSSR count). The fourth-order valence-electron chi connectivity index (χ4n) is 3.04. The number of amides is 1. The van der Waals surface area contributed by atoms with E-state index in [0.717, 1.165) is 27.7 Å². The molecule has 0 bridgehead atoms. The number of aryl methyl sites for hydroxylation is 1. The lowest BCUT2D eigenvalue weighted by Gasteiger charge is -2.10. The largest absolute Gasteiger partial charge is 0.312 e. The lowest BCUT2D eigenvalue weighted by Crippen LogP contribution is -1.95. The van der Waals surface area contributed by atoms with Crippen molar-refractivity contribution in [2.75, 3.05) is 5.32 Å². The number of hydrogen-bond acceptors (Lipinski definition) is 3. The van der Waals surface area contributed by atoms with Gasteiger partial charge >= 0.3 is 0 Å². The Hall–Kier alpha value is -3.22. The molecule has 0 saturated carbocycles. The van der Waals surface area contributed by atoms with Crippen molar-refractivity contribution in [1.29, 1.82) is 0 Å². The van der Waals surface area contributed by atoms with Gasteiger partial charge in [0.25, 0.3) is 0 Å². The summed E-state index contributed by atoms with van der Waals surface area (Å²) in [6.45, 7) is 3.68. The Bertz CT molecular complexity index is 1100. The van der Waals surface area contributed by atoms with E-state index >= 15 is 0 Å². The number of hydrogen-bond donors (Lipinski definition) is 2. The topological polar surface area (TPSA) is 75.1 Å². The summed E-state index contributed by atoms with van der Waals surface area (Å²) >= 11 is 0. The SMILES string of the molecule is Cc1c(F)cc2n[nH]c(C)c2c1-c1ccn2nc(NC=O)cc2c1. The highest BCUT2D eigenvalue weighted by molar-refractivity contribution is 5.98. The number of nitrogens with one attached hydrogen (secondary N) is 2. The van der Waals surface area contributed by atoms with Crippen molar-refractivity contribution in [2.45, 2.75) is 13.8 Å². The van der Waals surface area contributed by atoms with Crippen LogP contribution in [0.25, 0.3) is 27.5 Å². The van der Waals surface area contributed by atoms with Crippen molar-refractivity contribution < 1.29 is 9.18 Å². The summed E-state index contributed by atoms with van der Waals surface area (Å²) in [5, 5.41) is 14.7. The minimum Gasteiger partial charge on any atom is -0.312 e. The summed E-state index contributed by atoms with van der Waals surface area (Å²) < 4.78 is 16.0. The molecule has 6 nitrogen and oxygen atoms in total. The van der Waals surface area contributed by atoms with Crippen LogP contribution in [0.15, 0.2) is 30.5 Å². The van der Waals surface area contributed by atoms with Crippen molar-refractivity contribution in [3.63, 3.8) is 0 Å². The van der Waals surface area contributed by atoms with E-state index in [1.165, 1.54) is 6.07 Å². The zero-order valence-corrected chi connectivity index (χ0v) is 13.1. The number of carbonyl (C=O) groups is 1. The van der Waals surface area contributed by atoms with Gasteiger partial charge in [0.05, 0.1) is 11.0 Å². The third-order valence-electron chi connectivity index (χ3n) is 4.18. The number of aromatic amines is 1. The predicted molar refractivity (Wildman–Crippen MR) is 89.4 cm³/mol. The molecular formula is C17H14FN5O. The summed E-state index contributed by atoms with van der Waals surface area (Å²) in [7, 11) is 0. The Kier molecular flexibility index (Phi) is 3.09. The minimum absolute atomic E-state index is 0.291. The molecule has 0 spiro atoms. The van der Waals surface area contributed by atoms with E-state index in [9.17, 15) is 9.18 Å². The third-order valence-corrected chi connectivity index (χ3v) is 4.18. The summed E-state index contributed by atoms with van der Waals surface area (Å²) in [5.74, 6) is 0.170. The molecular weight excluding hydrogens is 309 g/mol. The van der Waals surface area contributed by atoms with Gasteiger partial charge in [0.2, 0.25) is 6.41 Å². The first-order valence-electron chi connectivity index (χ1n) is 7.42. The normalized spacial score (nSPS) is 11.3. The maximum Gasteiger partial charge on any atom is 0.212 e. The number of halogens is 1. The Labute approximate surface area is 136 Å². The number of pyridine rings is 1. The smallest absolute Gasteiger partial charge is 0.212 e. The van der Waals surface area contributed by atoms with Crippen LogP contribution in [0.2, 0.25) is 0 Å². The second-order valence-corrected chi connectivity index (χ2v) is 5.68. The van der Waals surface area contributed by atoms with Crippen LogP contribution in [-0.2, 0) is 4.79 Å². The number of benzene rings is 1. The molecule has 0 aliphatic rings. The van der Waals surface area contributed by atoms with Crippen LogP contribution in [0.1, 0.15) is 11.3 Å². The Morgan fingerprint density at radius 2 is 2.12 bits per heavy atom. The molecule has 0 aliphatic heterocycles. The standard InChI is InChI=1S/C17H14FN5O/c1-9-13(18)7-14-17(10(2)20-21-14)16(9)11-3-4-23-12(5-11)6-15(22-23)19-8-24/h3-8H,1-2H3,(H,20,21)(H,19,22,24). The Balaban J connectivity index is 2.00.